The summed E-state index contributed by atoms with van der Waals surface area (Å²) in [7, 11) is 0. The Balaban J connectivity index is 1.80. The first-order valence-electron chi connectivity index (χ1n) is 12.1. The number of hydrogen-bond donors (Lipinski definition) is 2. The highest BCUT2D eigenvalue weighted by atomic mass is 16.5. The van der Waals surface area contributed by atoms with Crippen molar-refractivity contribution in [2.45, 2.75) is 58.5 Å². The minimum Gasteiger partial charge on any atom is -0.466 e. The van der Waals surface area contributed by atoms with E-state index in [-0.39, 0.29) is 44.5 Å². The van der Waals surface area contributed by atoms with Crippen molar-refractivity contribution in [2.75, 3.05) is 19.8 Å². The molecule has 6 nitrogen and oxygen atoms in total. The molecule has 0 aromatic heterocycles. The topological polar surface area (TPSA) is 85.2 Å². The van der Waals surface area contributed by atoms with Crippen LogP contribution in [0.2, 0.25) is 0 Å². The first kappa shape index (κ1) is 26.4. The molecule has 186 valence electrons. The van der Waals surface area contributed by atoms with Gasteiger partial charge in [0.1, 0.15) is 0 Å². The average Bonchev–Trinajstić information content (AvgIpc) is 3.05. The number of aliphatic hydroxyl groups excluding tert-OH is 1. The molecular weight excluding hydrogens is 432 g/mol. The lowest BCUT2D eigenvalue weighted by molar-refractivity contribution is -0.178. The third-order valence-electron chi connectivity index (χ3n) is 7.18. The summed E-state index contributed by atoms with van der Waals surface area (Å²) in [6.07, 6.45) is -0.541. The Morgan fingerprint density at radius 1 is 1.00 bits per heavy atom. The second kappa shape index (κ2) is 11.9. The molecule has 34 heavy (non-hydrogen) atoms. The van der Waals surface area contributed by atoms with Crippen molar-refractivity contribution in [1.29, 1.82) is 0 Å². The molecule has 0 saturated heterocycles. The van der Waals surface area contributed by atoms with Gasteiger partial charge in [-0.1, -0.05) is 74.5 Å². The molecule has 0 heterocycles. The third-order valence-corrected chi connectivity index (χ3v) is 7.18. The molecule has 1 aliphatic rings. The largest absolute Gasteiger partial charge is 0.466 e. The molecule has 6 heteroatoms. The number of rotatable bonds is 12. The zero-order valence-corrected chi connectivity index (χ0v) is 20.5. The van der Waals surface area contributed by atoms with E-state index in [2.05, 4.69) is 0 Å². The molecule has 0 unspecified atom stereocenters. The smallest absolute Gasteiger partial charge is 0.306 e. The average molecular weight is 471 g/mol. The van der Waals surface area contributed by atoms with Crippen molar-refractivity contribution in [3.8, 4) is 0 Å². The van der Waals surface area contributed by atoms with Gasteiger partial charge in [-0.05, 0) is 24.0 Å². The molecule has 3 rings (SSSR count). The molecule has 2 aromatic rings. The lowest BCUT2D eigenvalue weighted by Gasteiger charge is -2.46. The monoisotopic (exact) mass is 470 g/mol. The summed E-state index contributed by atoms with van der Waals surface area (Å²) in [6.45, 7) is 7.05. The van der Waals surface area contributed by atoms with Gasteiger partial charge in [0.15, 0.2) is 0 Å². The Kier molecular flexibility index (Phi) is 9.25. The molecular formula is C28H38O6. The highest BCUT2D eigenvalue weighted by Crippen LogP contribution is 2.52. The number of benzene rings is 2. The van der Waals surface area contributed by atoms with Gasteiger partial charge < -0.3 is 24.4 Å². The first-order chi connectivity index (χ1) is 16.3. The number of ether oxygens (including phenoxy) is 3. The van der Waals surface area contributed by atoms with Crippen LogP contribution in [-0.4, -0.2) is 47.7 Å². The van der Waals surface area contributed by atoms with Crippen LogP contribution >= 0.6 is 0 Å². The molecule has 0 aliphatic heterocycles. The zero-order valence-electron chi connectivity index (χ0n) is 20.5. The SMILES string of the molecule is CCOC(=O)C[C@H]1[C@H](C)[C@H](O)C[C@@]1(O)C(C)(COCc1ccccc1)COCc1ccccc1. The number of hydrogen-bond acceptors (Lipinski definition) is 6. The van der Waals surface area contributed by atoms with Gasteiger partial charge in [-0.2, -0.15) is 0 Å². The quantitative estimate of drug-likeness (QED) is 0.454. The van der Waals surface area contributed by atoms with Gasteiger partial charge in [0.2, 0.25) is 0 Å². The van der Waals surface area contributed by atoms with E-state index >= 15 is 0 Å². The Morgan fingerprint density at radius 3 is 1.97 bits per heavy atom. The normalized spacial score (nSPS) is 24.8. The Bertz CT molecular complexity index is 841. The van der Waals surface area contributed by atoms with Crippen LogP contribution < -0.4 is 0 Å². The van der Waals surface area contributed by atoms with Gasteiger partial charge in [-0.3, -0.25) is 4.79 Å². The molecule has 0 spiro atoms. The van der Waals surface area contributed by atoms with Gasteiger partial charge in [0, 0.05) is 17.8 Å². The van der Waals surface area contributed by atoms with Crippen LogP contribution in [0.3, 0.4) is 0 Å². The minimum atomic E-state index is -1.37. The summed E-state index contributed by atoms with van der Waals surface area (Å²) in [5, 5.41) is 22.8. The van der Waals surface area contributed by atoms with E-state index in [0.29, 0.717) is 13.2 Å². The maximum absolute atomic E-state index is 12.4. The standard InChI is InChI=1S/C28H38O6/c1-4-34-26(30)15-24-21(2)25(29)16-28(24,31)27(3,19-32-17-22-11-7-5-8-12-22)20-33-18-23-13-9-6-10-14-23/h5-14,21,24-25,29,31H,4,15-20H2,1-3H3/t21-,24-,25+,28-/m0/s1. The van der Waals surface area contributed by atoms with E-state index in [1.807, 2.05) is 74.5 Å². The van der Waals surface area contributed by atoms with Crippen LogP contribution in [0.25, 0.3) is 0 Å². The number of aliphatic hydroxyl groups is 2. The molecule has 1 fully saturated rings. The molecule has 0 radical (unpaired) electrons. The van der Waals surface area contributed by atoms with Crippen LogP contribution in [0.4, 0.5) is 0 Å². The number of esters is 1. The van der Waals surface area contributed by atoms with Crippen molar-refractivity contribution in [3.05, 3.63) is 71.8 Å². The lowest BCUT2D eigenvalue weighted by Crippen LogP contribution is -2.55. The molecule has 4 atom stereocenters. The van der Waals surface area contributed by atoms with Crippen LogP contribution in [0.5, 0.6) is 0 Å². The fourth-order valence-electron chi connectivity index (χ4n) is 5.04. The summed E-state index contributed by atoms with van der Waals surface area (Å²) in [4.78, 5) is 12.4. The highest BCUT2D eigenvalue weighted by Gasteiger charge is 2.60. The van der Waals surface area contributed by atoms with Crippen LogP contribution in [0.1, 0.15) is 44.7 Å². The lowest BCUT2D eigenvalue weighted by atomic mass is 9.66. The molecule has 2 N–H and O–H groups in total. The van der Waals surface area contributed by atoms with E-state index in [1.165, 1.54) is 0 Å². The van der Waals surface area contributed by atoms with Crippen LogP contribution in [0, 0.1) is 17.3 Å². The minimum absolute atomic E-state index is 0.0372. The zero-order chi connectivity index (χ0) is 24.6. The maximum Gasteiger partial charge on any atom is 0.306 e. The Morgan fingerprint density at radius 2 is 1.50 bits per heavy atom. The van der Waals surface area contributed by atoms with Crippen LogP contribution in [-0.2, 0) is 32.2 Å². The first-order valence-corrected chi connectivity index (χ1v) is 12.1. The van der Waals surface area contributed by atoms with Gasteiger partial charge in [-0.25, -0.2) is 0 Å². The van der Waals surface area contributed by atoms with Gasteiger partial charge in [-0.15, -0.1) is 0 Å². The second-order valence-corrected chi connectivity index (χ2v) is 9.69. The summed E-state index contributed by atoms with van der Waals surface area (Å²) in [6, 6.07) is 19.7. The van der Waals surface area contributed by atoms with E-state index in [0.717, 1.165) is 11.1 Å². The number of carbonyl (C=O) groups excluding carboxylic acids is 1. The summed E-state index contributed by atoms with van der Waals surface area (Å²) in [5.41, 5.74) is -0.166. The Hall–Kier alpha value is -2.25. The molecule has 0 bridgehead atoms. The fraction of sp³-hybridized carbons (Fsp3) is 0.536. The van der Waals surface area contributed by atoms with Crippen molar-refractivity contribution in [3.63, 3.8) is 0 Å². The third kappa shape index (κ3) is 6.25. The van der Waals surface area contributed by atoms with Crippen molar-refractivity contribution in [1.82, 2.24) is 0 Å². The van der Waals surface area contributed by atoms with Gasteiger partial charge in [0.25, 0.3) is 0 Å². The van der Waals surface area contributed by atoms with Crippen molar-refractivity contribution < 1.29 is 29.2 Å². The highest BCUT2D eigenvalue weighted by molar-refractivity contribution is 5.70. The maximum atomic E-state index is 12.4. The summed E-state index contributed by atoms with van der Waals surface area (Å²) < 4.78 is 17.4. The molecule has 1 aliphatic carbocycles. The van der Waals surface area contributed by atoms with Crippen LogP contribution in [0.15, 0.2) is 60.7 Å². The number of carbonyl (C=O) groups is 1. The van der Waals surface area contributed by atoms with E-state index in [4.69, 9.17) is 14.2 Å². The van der Waals surface area contributed by atoms with Gasteiger partial charge >= 0.3 is 5.97 Å². The van der Waals surface area contributed by atoms with E-state index in [1.54, 1.807) is 6.92 Å². The molecule has 1 saturated carbocycles. The molecule has 0 amide bonds. The van der Waals surface area contributed by atoms with E-state index < -0.39 is 23.0 Å². The Labute approximate surface area is 202 Å². The predicted octanol–water partition coefficient (Wildman–Crippen LogP) is 4.13. The van der Waals surface area contributed by atoms with Gasteiger partial charge in [0.05, 0.1) is 51.2 Å². The molecule has 2 aromatic carbocycles. The predicted molar refractivity (Wildman–Crippen MR) is 130 cm³/mol. The van der Waals surface area contributed by atoms with Crippen molar-refractivity contribution in [2.24, 2.45) is 17.3 Å². The second-order valence-electron chi connectivity index (χ2n) is 9.69. The summed E-state index contributed by atoms with van der Waals surface area (Å²) in [5.74, 6) is -1.12. The van der Waals surface area contributed by atoms with Crippen molar-refractivity contribution >= 4 is 5.97 Å². The fourth-order valence-corrected chi connectivity index (χ4v) is 5.04. The summed E-state index contributed by atoms with van der Waals surface area (Å²) >= 11 is 0. The van der Waals surface area contributed by atoms with E-state index in [9.17, 15) is 15.0 Å².